The molecule has 21 heavy (non-hydrogen) atoms. The molecule has 0 aliphatic carbocycles. The fourth-order valence-corrected chi connectivity index (χ4v) is 3.24. The van der Waals surface area contributed by atoms with Crippen LogP contribution in [0.2, 0.25) is 0 Å². The quantitative estimate of drug-likeness (QED) is 0.917. The molecule has 4 heteroatoms. The van der Waals surface area contributed by atoms with Gasteiger partial charge in [-0.05, 0) is 45.6 Å². The Bertz CT molecular complexity index is 560. The van der Waals surface area contributed by atoms with Crippen molar-refractivity contribution in [2.24, 2.45) is 0 Å². The zero-order valence-corrected chi connectivity index (χ0v) is 12.8. The van der Waals surface area contributed by atoms with Crippen LogP contribution in [0.1, 0.15) is 24.7 Å². The number of hydrogen-bond donors (Lipinski definition) is 1. The van der Waals surface area contributed by atoms with Crippen molar-refractivity contribution in [3.8, 4) is 0 Å². The molecule has 3 rings (SSSR count). The largest absolute Gasteiger partial charge is 0.458 e. The van der Waals surface area contributed by atoms with Gasteiger partial charge in [-0.2, -0.15) is 0 Å². The molecule has 0 amide bonds. The molecule has 2 aromatic rings. The predicted octanol–water partition coefficient (Wildman–Crippen LogP) is 2.49. The number of aliphatic hydroxyl groups is 1. The Balaban J connectivity index is 1.69. The highest BCUT2D eigenvalue weighted by Gasteiger charge is 2.27. The number of furan rings is 1. The van der Waals surface area contributed by atoms with E-state index in [1.807, 2.05) is 30.3 Å². The first-order chi connectivity index (χ1) is 10.1. The molecule has 1 aliphatic heterocycles. The predicted molar refractivity (Wildman–Crippen MR) is 84.3 cm³/mol. The van der Waals surface area contributed by atoms with E-state index >= 15 is 0 Å². The Kier molecular flexibility index (Phi) is 4.29. The lowest BCUT2D eigenvalue weighted by Gasteiger charge is -2.28. The van der Waals surface area contributed by atoms with Gasteiger partial charge in [-0.1, -0.05) is 18.2 Å². The molecule has 1 saturated heterocycles. The van der Waals surface area contributed by atoms with Crippen LogP contribution in [-0.4, -0.2) is 54.7 Å². The number of nitrogens with zero attached hydrogens (tertiary/aromatic N) is 2. The summed E-state index contributed by atoms with van der Waals surface area (Å²) in [5.41, 5.74) is 0.845. The molecular weight excluding hydrogens is 264 g/mol. The lowest BCUT2D eigenvalue weighted by molar-refractivity contribution is 0.0836. The van der Waals surface area contributed by atoms with E-state index in [1.165, 1.54) is 12.8 Å². The average Bonchev–Trinajstić information content (AvgIpc) is 3.05. The highest BCUT2D eigenvalue weighted by molar-refractivity contribution is 5.77. The Morgan fingerprint density at radius 1 is 1.38 bits per heavy atom. The lowest BCUT2D eigenvalue weighted by atomic mass is 10.2. The fourth-order valence-electron chi connectivity index (χ4n) is 3.24. The van der Waals surface area contributed by atoms with Gasteiger partial charge in [0.15, 0.2) is 0 Å². The van der Waals surface area contributed by atoms with Crippen molar-refractivity contribution in [2.45, 2.75) is 25.0 Å². The second-order valence-corrected chi connectivity index (χ2v) is 6.26. The van der Waals surface area contributed by atoms with Crippen LogP contribution in [0.25, 0.3) is 11.0 Å². The molecular formula is C17H24N2O2. The summed E-state index contributed by atoms with van der Waals surface area (Å²) in [6.07, 6.45) is 1.87. The summed E-state index contributed by atoms with van der Waals surface area (Å²) < 4.78 is 5.77. The number of aliphatic hydroxyl groups excluding tert-OH is 1. The van der Waals surface area contributed by atoms with E-state index in [9.17, 15) is 5.11 Å². The zero-order chi connectivity index (χ0) is 14.8. The van der Waals surface area contributed by atoms with E-state index in [4.69, 9.17) is 4.42 Å². The maximum absolute atomic E-state index is 10.5. The summed E-state index contributed by atoms with van der Waals surface area (Å²) in [5, 5.41) is 11.5. The fraction of sp³-hybridized carbons (Fsp3) is 0.529. The molecule has 0 bridgehead atoms. The van der Waals surface area contributed by atoms with E-state index in [2.05, 4.69) is 23.9 Å². The second kappa shape index (κ2) is 6.18. The van der Waals surface area contributed by atoms with Crippen LogP contribution in [-0.2, 0) is 0 Å². The summed E-state index contributed by atoms with van der Waals surface area (Å²) in [5.74, 6) is 0.673. The van der Waals surface area contributed by atoms with Gasteiger partial charge in [0.25, 0.3) is 0 Å². The van der Waals surface area contributed by atoms with Crippen molar-refractivity contribution in [3.05, 3.63) is 36.1 Å². The minimum atomic E-state index is -0.555. The third-order valence-corrected chi connectivity index (χ3v) is 4.26. The number of para-hydroxylation sites is 1. The zero-order valence-electron chi connectivity index (χ0n) is 12.8. The van der Waals surface area contributed by atoms with Gasteiger partial charge in [0, 0.05) is 24.5 Å². The van der Waals surface area contributed by atoms with E-state index in [1.54, 1.807) is 0 Å². The van der Waals surface area contributed by atoms with Crippen molar-refractivity contribution in [2.75, 3.05) is 33.7 Å². The minimum Gasteiger partial charge on any atom is -0.458 e. The van der Waals surface area contributed by atoms with Gasteiger partial charge < -0.3 is 14.4 Å². The monoisotopic (exact) mass is 288 g/mol. The molecule has 0 radical (unpaired) electrons. The van der Waals surface area contributed by atoms with E-state index in [0.717, 1.165) is 24.1 Å². The molecule has 0 saturated carbocycles. The summed E-state index contributed by atoms with van der Waals surface area (Å²) >= 11 is 0. The van der Waals surface area contributed by atoms with Gasteiger partial charge in [0.1, 0.15) is 17.4 Å². The minimum absolute atomic E-state index is 0.541. The maximum Gasteiger partial charge on any atom is 0.135 e. The number of β-amino-alcohol motifs (C(OH)–C–C–N with tert-alkyl or cyclic N) is 1. The molecule has 1 aromatic heterocycles. The average molecular weight is 288 g/mol. The Hall–Kier alpha value is -1.36. The van der Waals surface area contributed by atoms with Crippen LogP contribution >= 0.6 is 0 Å². The Morgan fingerprint density at radius 3 is 2.95 bits per heavy atom. The van der Waals surface area contributed by atoms with Crippen molar-refractivity contribution >= 4 is 11.0 Å². The molecule has 0 spiro atoms. The highest BCUT2D eigenvalue weighted by atomic mass is 16.4. The lowest BCUT2D eigenvalue weighted by Crippen LogP contribution is -2.39. The van der Waals surface area contributed by atoms with Crippen LogP contribution in [0.4, 0.5) is 0 Å². The first kappa shape index (κ1) is 14.6. The molecule has 1 aromatic carbocycles. The van der Waals surface area contributed by atoms with E-state index < -0.39 is 6.10 Å². The van der Waals surface area contributed by atoms with Crippen LogP contribution in [0.15, 0.2) is 34.7 Å². The van der Waals surface area contributed by atoms with Crippen molar-refractivity contribution in [1.82, 2.24) is 9.80 Å². The number of likely N-dealkylation sites (tertiary alicyclic amines) is 1. The molecule has 4 nitrogen and oxygen atoms in total. The standard InChI is InChI=1S/C17H24N2O2/c1-18(2)11-14-7-5-9-19(14)12-15(20)17-10-13-6-3-4-8-16(13)21-17/h3-4,6,8,10,14-15,20H,5,7,9,11-12H2,1-2H3. The van der Waals surface area contributed by atoms with Crippen LogP contribution in [0.5, 0.6) is 0 Å². The number of hydrogen-bond acceptors (Lipinski definition) is 4. The molecule has 2 heterocycles. The van der Waals surface area contributed by atoms with E-state index in [-0.39, 0.29) is 0 Å². The molecule has 2 atom stereocenters. The van der Waals surface area contributed by atoms with Crippen molar-refractivity contribution < 1.29 is 9.52 Å². The SMILES string of the molecule is CN(C)CC1CCCN1CC(O)c1cc2ccccc2o1. The first-order valence-corrected chi connectivity index (χ1v) is 7.69. The first-order valence-electron chi connectivity index (χ1n) is 7.69. The summed E-state index contributed by atoms with van der Waals surface area (Å²) in [6.45, 7) is 2.76. The Labute approximate surface area is 125 Å². The number of fused-ring (bicyclic) bond motifs is 1. The van der Waals surface area contributed by atoms with Crippen LogP contribution in [0, 0.1) is 0 Å². The van der Waals surface area contributed by atoms with Crippen molar-refractivity contribution in [3.63, 3.8) is 0 Å². The molecule has 2 unspecified atom stereocenters. The molecule has 1 fully saturated rings. The summed E-state index contributed by atoms with van der Waals surface area (Å²) in [6, 6.07) is 10.4. The normalized spacial score (nSPS) is 21.4. The Morgan fingerprint density at radius 2 is 2.19 bits per heavy atom. The third-order valence-electron chi connectivity index (χ3n) is 4.26. The maximum atomic E-state index is 10.5. The van der Waals surface area contributed by atoms with E-state index in [0.29, 0.717) is 18.3 Å². The highest BCUT2D eigenvalue weighted by Crippen LogP contribution is 2.26. The van der Waals surface area contributed by atoms with Gasteiger partial charge in [-0.3, -0.25) is 4.90 Å². The van der Waals surface area contributed by atoms with Crippen LogP contribution in [0.3, 0.4) is 0 Å². The topological polar surface area (TPSA) is 39.9 Å². The number of benzene rings is 1. The van der Waals surface area contributed by atoms with Gasteiger partial charge in [-0.25, -0.2) is 0 Å². The van der Waals surface area contributed by atoms with Gasteiger partial charge in [-0.15, -0.1) is 0 Å². The van der Waals surface area contributed by atoms with Gasteiger partial charge in [0.2, 0.25) is 0 Å². The molecule has 1 N–H and O–H groups in total. The van der Waals surface area contributed by atoms with Gasteiger partial charge in [0.05, 0.1) is 0 Å². The number of rotatable bonds is 5. The summed E-state index contributed by atoms with van der Waals surface area (Å²) in [4.78, 5) is 4.61. The third kappa shape index (κ3) is 3.28. The molecule has 114 valence electrons. The molecule has 1 aliphatic rings. The summed E-state index contributed by atoms with van der Waals surface area (Å²) in [7, 11) is 4.21. The number of likely N-dealkylation sites (N-methyl/N-ethyl adjacent to an activating group) is 1. The second-order valence-electron chi connectivity index (χ2n) is 6.26. The van der Waals surface area contributed by atoms with Gasteiger partial charge >= 0.3 is 0 Å². The smallest absolute Gasteiger partial charge is 0.135 e. The van der Waals surface area contributed by atoms with Crippen molar-refractivity contribution in [1.29, 1.82) is 0 Å². The van der Waals surface area contributed by atoms with Crippen LogP contribution < -0.4 is 0 Å².